The van der Waals surface area contributed by atoms with Crippen LogP contribution in [0.15, 0.2) is 24.3 Å². The first kappa shape index (κ1) is 16.8. The van der Waals surface area contributed by atoms with Gasteiger partial charge >= 0.3 is 0 Å². The molecule has 1 aliphatic heterocycles. The second-order valence-electron chi connectivity index (χ2n) is 5.16. The Labute approximate surface area is 134 Å². The fourth-order valence-corrected chi connectivity index (χ4v) is 3.09. The number of carbonyl (C=O) groups is 2. The SMILES string of the molecule is COc1ccccc1OCC1NCCC1C(=O)CSC(C)=O. The summed E-state index contributed by atoms with van der Waals surface area (Å²) < 4.78 is 11.1. The fraction of sp³-hybridized carbons (Fsp3) is 0.500. The molecule has 5 nitrogen and oxygen atoms in total. The van der Waals surface area contributed by atoms with E-state index in [2.05, 4.69) is 5.32 Å². The summed E-state index contributed by atoms with van der Waals surface area (Å²) >= 11 is 1.07. The van der Waals surface area contributed by atoms with Crippen molar-refractivity contribution in [3.05, 3.63) is 24.3 Å². The molecular weight excluding hydrogens is 302 g/mol. The standard InChI is InChI=1S/C16H21NO4S/c1-11(18)22-10-14(19)12-7-8-17-13(12)9-21-16-6-4-3-5-15(16)20-2/h3-6,12-13,17H,7-10H2,1-2H3. The Bertz CT molecular complexity index is 535. The van der Waals surface area contributed by atoms with Gasteiger partial charge in [0, 0.05) is 12.8 Å². The molecule has 0 aromatic heterocycles. The number of thioether (sulfide) groups is 1. The van der Waals surface area contributed by atoms with Crippen molar-refractivity contribution in [2.45, 2.75) is 19.4 Å². The summed E-state index contributed by atoms with van der Waals surface area (Å²) in [6.07, 6.45) is 0.789. The average molecular weight is 323 g/mol. The van der Waals surface area contributed by atoms with E-state index < -0.39 is 0 Å². The van der Waals surface area contributed by atoms with Crippen molar-refractivity contribution in [3.8, 4) is 11.5 Å². The number of hydrogen-bond donors (Lipinski definition) is 1. The average Bonchev–Trinajstić information content (AvgIpc) is 2.99. The van der Waals surface area contributed by atoms with Crippen LogP contribution in [0.3, 0.4) is 0 Å². The zero-order valence-electron chi connectivity index (χ0n) is 12.8. The van der Waals surface area contributed by atoms with Gasteiger partial charge in [-0.05, 0) is 25.1 Å². The Morgan fingerprint density at radius 3 is 2.73 bits per heavy atom. The predicted molar refractivity (Wildman–Crippen MR) is 86.5 cm³/mol. The van der Waals surface area contributed by atoms with Gasteiger partial charge in [0.1, 0.15) is 12.4 Å². The van der Waals surface area contributed by atoms with Gasteiger partial charge in [0.2, 0.25) is 0 Å². The van der Waals surface area contributed by atoms with Crippen molar-refractivity contribution < 1.29 is 19.1 Å². The van der Waals surface area contributed by atoms with Crippen molar-refractivity contribution in [3.63, 3.8) is 0 Å². The van der Waals surface area contributed by atoms with Crippen LogP contribution < -0.4 is 14.8 Å². The second-order valence-corrected chi connectivity index (χ2v) is 6.32. The number of carbonyl (C=O) groups excluding carboxylic acids is 2. The number of hydrogen-bond acceptors (Lipinski definition) is 6. The van der Waals surface area contributed by atoms with Gasteiger partial charge in [-0.2, -0.15) is 0 Å². The number of benzene rings is 1. The summed E-state index contributed by atoms with van der Waals surface area (Å²) in [6.45, 7) is 2.68. The number of para-hydroxylation sites is 2. The molecule has 0 amide bonds. The van der Waals surface area contributed by atoms with Crippen LogP contribution in [-0.4, -0.2) is 43.0 Å². The molecule has 22 heavy (non-hydrogen) atoms. The lowest BCUT2D eigenvalue weighted by Gasteiger charge is -2.19. The van der Waals surface area contributed by atoms with Gasteiger partial charge in [-0.3, -0.25) is 9.59 Å². The summed E-state index contributed by atoms with van der Waals surface area (Å²) in [5.41, 5.74) is 0. The first-order chi connectivity index (χ1) is 10.6. The lowest BCUT2D eigenvalue weighted by Crippen LogP contribution is -2.37. The molecular formula is C16H21NO4S. The molecule has 6 heteroatoms. The highest BCUT2D eigenvalue weighted by Crippen LogP contribution is 2.27. The Morgan fingerprint density at radius 1 is 1.32 bits per heavy atom. The maximum absolute atomic E-state index is 12.2. The van der Waals surface area contributed by atoms with Crippen LogP contribution in [0.2, 0.25) is 0 Å². The number of ether oxygens (including phenoxy) is 2. The molecule has 2 unspecified atom stereocenters. The highest BCUT2D eigenvalue weighted by molar-refractivity contribution is 8.14. The Hall–Kier alpha value is -1.53. The molecule has 0 radical (unpaired) electrons. The van der Waals surface area contributed by atoms with Crippen LogP contribution in [0.1, 0.15) is 13.3 Å². The van der Waals surface area contributed by atoms with Crippen molar-refractivity contribution in [2.75, 3.05) is 26.0 Å². The maximum Gasteiger partial charge on any atom is 0.186 e. The fourth-order valence-electron chi connectivity index (χ4n) is 2.53. The van der Waals surface area contributed by atoms with E-state index in [9.17, 15) is 9.59 Å². The molecule has 1 saturated heterocycles. The number of Topliss-reactive ketones (excluding diaryl/α,β-unsaturated/α-hetero) is 1. The first-order valence-electron chi connectivity index (χ1n) is 7.27. The number of methoxy groups -OCH3 is 1. The van der Waals surface area contributed by atoms with Crippen molar-refractivity contribution in [1.29, 1.82) is 0 Å². The third kappa shape index (κ3) is 4.48. The summed E-state index contributed by atoms with van der Waals surface area (Å²) in [5.74, 6) is 1.60. The van der Waals surface area contributed by atoms with E-state index in [0.717, 1.165) is 24.7 Å². The topological polar surface area (TPSA) is 64.6 Å². The van der Waals surface area contributed by atoms with E-state index in [1.807, 2.05) is 24.3 Å². The van der Waals surface area contributed by atoms with E-state index >= 15 is 0 Å². The molecule has 0 aliphatic carbocycles. The van der Waals surface area contributed by atoms with Crippen LogP contribution >= 0.6 is 11.8 Å². The summed E-state index contributed by atoms with van der Waals surface area (Å²) in [4.78, 5) is 23.2. The van der Waals surface area contributed by atoms with Crippen LogP contribution in [0, 0.1) is 5.92 Å². The van der Waals surface area contributed by atoms with Gasteiger partial charge in [-0.15, -0.1) is 0 Å². The van der Waals surface area contributed by atoms with Crippen molar-refractivity contribution in [1.82, 2.24) is 5.32 Å². The highest BCUT2D eigenvalue weighted by atomic mass is 32.2. The van der Waals surface area contributed by atoms with Crippen LogP contribution in [0.4, 0.5) is 0 Å². The summed E-state index contributed by atoms with van der Waals surface area (Å²) in [6, 6.07) is 7.42. The smallest absolute Gasteiger partial charge is 0.186 e. The van der Waals surface area contributed by atoms with Crippen LogP contribution in [-0.2, 0) is 9.59 Å². The van der Waals surface area contributed by atoms with Gasteiger partial charge in [-0.1, -0.05) is 23.9 Å². The minimum atomic E-state index is -0.0958. The molecule has 1 N–H and O–H groups in total. The van der Waals surface area contributed by atoms with Gasteiger partial charge in [-0.25, -0.2) is 0 Å². The van der Waals surface area contributed by atoms with Crippen LogP contribution in [0.5, 0.6) is 11.5 Å². The Balaban J connectivity index is 1.91. The Morgan fingerprint density at radius 2 is 2.05 bits per heavy atom. The zero-order valence-corrected chi connectivity index (χ0v) is 13.7. The van der Waals surface area contributed by atoms with E-state index in [-0.39, 0.29) is 28.6 Å². The number of ketones is 1. The molecule has 1 aromatic carbocycles. The molecule has 1 aliphatic rings. The monoisotopic (exact) mass is 323 g/mol. The lowest BCUT2D eigenvalue weighted by atomic mass is 9.97. The quantitative estimate of drug-likeness (QED) is 0.827. The van der Waals surface area contributed by atoms with E-state index in [1.165, 1.54) is 6.92 Å². The normalized spacial score (nSPS) is 20.6. The molecule has 0 spiro atoms. The lowest BCUT2D eigenvalue weighted by molar-refractivity contribution is -0.121. The van der Waals surface area contributed by atoms with Crippen molar-refractivity contribution >= 4 is 22.7 Å². The molecule has 2 rings (SSSR count). The maximum atomic E-state index is 12.2. The minimum absolute atomic E-state index is 0.0232. The zero-order chi connectivity index (χ0) is 15.9. The Kier molecular flexibility index (Phi) is 6.27. The minimum Gasteiger partial charge on any atom is -0.493 e. The first-order valence-corrected chi connectivity index (χ1v) is 8.25. The van der Waals surface area contributed by atoms with Gasteiger partial charge in [0.25, 0.3) is 0 Å². The molecule has 1 aromatic rings. The van der Waals surface area contributed by atoms with Gasteiger partial charge < -0.3 is 14.8 Å². The third-order valence-electron chi connectivity index (χ3n) is 3.67. The van der Waals surface area contributed by atoms with E-state index in [0.29, 0.717) is 18.1 Å². The molecule has 120 valence electrons. The number of nitrogens with one attached hydrogen (secondary N) is 1. The summed E-state index contributed by atoms with van der Waals surface area (Å²) in [5, 5.41) is 3.28. The molecule has 0 saturated carbocycles. The van der Waals surface area contributed by atoms with E-state index in [4.69, 9.17) is 9.47 Å². The van der Waals surface area contributed by atoms with Gasteiger partial charge in [0.05, 0.1) is 18.9 Å². The highest BCUT2D eigenvalue weighted by Gasteiger charge is 2.33. The molecule has 0 bridgehead atoms. The second kappa shape index (κ2) is 8.19. The predicted octanol–water partition coefficient (Wildman–Crippen LogP) is 1.90. The largest absolute Gasteiger partial charge is 0.493 e. The molecule has 1 fully saturated rings. The number of rotatable bonds is 7. The van der Waals surface area contributed by atoms with Crippen molar-refractivity contribution in [2.24, 2.45) is 5.92 Å². The van der Waals surface area contributed by atoms with Crippen LogP contribution in [0.25, 0.3) is 0 Å². The third-order valence-corrected chi connectivity index (χ3v) is 4.50. The van der Waals surface area contributed by atoms with E-state index in [1.54, 1.807) is 7.11 Å². The van der Waals surface area contributed by atoms with Gasteiger partial charge in [0.15, 0.2) is 16.6 Å². The molecule has 2 atom stereocenters. The summed E-state index contributed by atoms with van der Waals surface area (Å²) in [7, 11) is 1.60. The molecule has 1 heterocycles.